The van der Waals surface area contributed by atoms with E-state index in [-0.39, 0.29) is 23.6 Å². The fourth-order valence-corrected chi connectivity index (χ4v) is 5.59. The minimum absolute atomic E-state index is 0.189. The average molecular weight is 677 g/mol. The normalized spacial score (nSPS) is 11.9. The maximum atomic E-state index is 13.1. The predicted octanol–water partition coefficient (Wildman–Crippen LogP) is 5.21. The zero-order valence-corrected chi connectivity index (χ0v) is 28.6. The van der Waals surface area contributed by atoms with Crippen LogP contribution in [0.4, 0.5) is 0 Å². The Labute approximate surface area is 294 Å². The van der Waals surface area contributed by atoms with Crippen LogP contribution in [0.1, 0.15) is 83.2 Å². The number of carbonyl (C=O) groups excluding carboxylic acids is 4. The van der Waals surface area contributed by atoms with Gasteiger partial charge in [0.25, 0.3) is 11.8 Å². The van der Waals surface area contributed by atoms with Gasteiger partial charge in [0.05, 0.1) is 0 Å². The average Bonchev–Trinajstić information content (AvgIpc) is 3.16. The lowest BCUT2D eigenvalue weighted by Crippen LogP contribution is -2.48. The standard InChI is InChI=1S/C40H48N6O4/c47-37(33-19-25-41-26-20-33)45-35(29-31-15-9-7-10-16-31)39(49)43-23-13-5-3-1-2-4-6-14-24-44-40(50)36(30-32-17-11-8-12-18-32)46-38(48)34-21-27-42-28-22-34/h7-12,15-22,25-28,35-36H,1-6,13-14,23-24,29-30H2,(H,43,49)(H,44,50)(H,45,47)(H,46,48)/t35-,36-/m0/s1. The second kappa shape index (κ2) is 21.6. The largest absolute Gasteiger partial charge is 0.354 e. The van der Waals surface area contributed by atoms with E-state index in [2.05, 4.69) is 31.2 Å². The Balaban J connectivity index is 1.08. The number of hydrogen-bond donors (Lipinski definition) is 4. The molecule has 0 aliphatic carbocycles. The summed E-state index contributed by atoms with van der Waals surface area (Å²) in [4.78, 5) is 59.5. The van der Waals surface area contributed by atoms with Crippen molar-refractivity contribution in [1.29, 1.82) is 0 Å². The fraction of sp³-hybridized carbons (Fsp3) is 0.350. The zero-order valence-electron chi connectivity index (χ0n) is 28.6. The number of carbonyl (C=O) groups is 4. The van der Waals surface area contributed by atoms with Crippen LogP contribution < -0.4 is 21.3 Å². The quantitative estimate of drug-likeness (QED) is 0.0893. The molecule has 10 nitrogen and oxygen atoms in total. The van der Waals surface area contributed by atoms with Crippen LogP contribution in [0.2, 0.25) is 0 Å². The molecule has 0 spiro atoms. The van der Waals surface area contributed by atoms with Crippen molar-refractivity contribution >= 4 is 23.6 Å². The Morgan fingerprint density at radius 2 is 0.800 bits per heavy atom. The first-order valence-electron chi connectivity index (χ1n) is 17.5. The Morgan fingerprint density at radius 3 is 1.16 bits per heavy atom. The van der Waals surface area contributed by atoms with E-state index in [0.29, 0.717) is 37.1 Å². The van der Waals surface area contributed by atoms with Gasteiger partial charge in [0.2, 0.25) is 11.8 Å². The van der Waals surface area contributed by atoms with Crippen LogP contribution in [0, 0.1) is 0 Å². The third-order valence-electron chi connectivity index (χ3n) is 8.40. The molecular weight excluding hydrogens is 628 g/mol. The smallest absolute Gasteiger partial charge is 0.252 e. The maximum absolute atomic E-state index is 13.1. The van der Waals surface area contributed by atoms with E-state index in [1.165, 1.54) is 0 Å². The second-order valence-electron chi connectivity index (χ2n) is 12.3. The van der Waals surface area contributed by atoms with Crippen molar-refractivity contribution in [1.82, 2.24) is 31.2 Å². The third kappa shape index (κ3) is 13.6. The van der Waals surface area contributed by atoms with Crippen LogP contribution in [-0.4, -0.2) is 58.8 Å². The molecule has 2 heterocycles. The molecule has 0 unspecified atom stereocenters. The first-order valence-corrected chi connectivity index (χ1v) is 17.5. The Morgan fingerprint density at radius 1 is 0.460 bits per heavy atom. The van der Waals surface area contributed by atoms with E-state index < -0.39 is 12.1 Å². The molecule has 0 radical (unpaired) electrons. The van der Waals surface area contributed by atoms with Crippen molar-refractivity contribution < 1.29 is 19.2 Å². The van der Waals surface area contributed by atoms with E-state index in [1.807, 2.05) is 60.7 Å². The molecule has 0 fully saturated rings. The van der Waals surface area contributed by atoms with Gasteiger partial charge in [-0.25, -0.2) is 0 Å². The van der Waals surface area contributed by atoms with Crippen molar-refractivity contribution in [2.24, 2.45) is 0 Å². The number of nitrogens with zero attached hydrogens (tertiary/aromatic N) is 2. The van der Waals surface area contributed by atoms with Crippen molar-refractivity contribution in [2.45, 2.75) is 76.3 Å². The minimum atomic E-state index is -0.677. The molecular formula is C40H48N6O4. The molecule has 50 heavy (non-hydrogen) atoms. The van der Waals surface area contributed by atoms with E-state index >= 15 is 0 Å². The van der Waals surface area contributed by atoms with Crippen molar-refractivity contribution in [3.05, 3.63) is 132 Å². The molecule has 4 aromatic rings. The number of amides is 4. The summed E-state index contributed by atoms with van der Waals surface area (Å²) < 4.78 is 0. The van der Waals surface area contributed by atoms with Gasteiger partial charge < -0.3 is 21.3 Å². The van der Waals surface area contributed by atoms with Crippen molar-refractivity contribution in [3.8, 4) is 0 Å². The number of hydrogen-bond acceptors (Lipinski definition) is 6. The van der Waals surface area contributed by atoms with E-state index in [1.54, 1.807) is 49.1 Å². The lowest BCUT2D eigenvalue weighted by atomic mass is 10.0. The predicted molar refractivity (Wildman–Crippen MR) is 194 cm³/mol. The van der Waals surface area contributed by atoms with E-state index in [4.69, 9.17) is 0 Å². The van der Waals surface area contributed by atoms with Gasteiger partial charge in [-0.1, -0.05) is 99.2 Å². The summed E-state index contributed by atoms with van der Waals surface area (Å²) in [7, 11) is 0. The molecule has 4 N–H and O–H groups in total. The second-order valence-corrected chi connectivity index (χ2v) is 12.3. The maximum Gasteiger partial charge on any atom is 0.252 e. The summed E-state index contributed by atoms with van der Waals surface area (Å²) in [6.07, 6.45) is 15.2. The highest BCUT2D eigenvalue weighted by Gasteiger charge is 2.23. The highest BCUT2D eigenvalue weighted by atomic mass is 16.2. The van der Waals surface area contributed by atoms with Gasteiger partial charge in [-0.15, -0.1) is 0 Å². The molecule has 0 saturated heterocycles. The van der Waals surface area contributed by atoms with Gasteiger partial charge in [0, 0.05) is 61.8 Å². The number of unbranched alkanes of at least 4 members (excludes halogenated alkanes) is 7. The monoisotopic (exact) mass is 676 g/mol. The summed E-state index contributed by atoms with van der Waals surface area (Å²) >= 11 is 0. The molecule has 2 aromatic heterocycles. The highest BCUT2D eigenvalue weighted by Crippen LogP contribution is 2.10. The third-order valence-corrected chi connectivity index (χ3v) is 8.40. The first-order chi connectivity index (χ1) is 24.5. The Kier molecular flexibility index (Phi) is 16.1. The Bertz CT molecular complexity index is 1470. The van der Waals surface area contributed by atoms with Gasteiger partial charge >= 0.3 is 0 Å². The van der Waals surface area contributed by atoms with Crippen LogP contribution in [0.3, 0.4) is 0 Å². The molecule has 0 aliphatic rings. The lowest BCUT2D eigenvalue weighted by molar-refractivity contribution is -0.123. The number of benzene rings is 2. The summed E-state index contributed by atoms with van der Waals surface area (Å²) in [6.45, 7) is 1.12. The first kappa shape index (κ1) is 37.4. The van der Waals surface area contributed by atoms with Gasteiger partial charge in [-0.2, -0.15) is 0 Å². The van der Waals surface area contributed by atoms with E-state index in [0.717, 1.165) is 62.5 Å². The zero-order chi connectivity index (χ0) is 35.2. The minimum Gasteiger partial charge on any atom is -0.354 e. The van der Waals surface area contributed by atoms with Gasteiger partial charge in [-0.05, 0) is 48.2 Å². The summed E-state index contributed by atoms with van der Waals surface area (Å²) in [6, 6.07) is 24.5. The fourth-order valence-electron chi connectivity index (χ4n) is 5.59. The number of rotatable bonds is 21. The molecule has 2 atom stereocenters. The van der Waals surface area contributed by atoms with Crippen LogP contribution in [0.5, 0.6) is 0 Å². The summed E-state index contributed by atoms with van der Waals surface area (Å²) in [5.41, 5.74) is 2.88. The van der Waals surface area contributed by atoms with Crippen LogP contribution in [0.15, 0.2) is 110 Å². The van der Waals surface area contributed by atoms with Crippen molar-refractivity contribution in [3.63, 3.8) is 0 Å². The van der Waals surface area contributed by atoms with Crippen LogP contribution in [-0.2, 0) is 22.4 Å². The molecule has 0 aliphatic heterocycles. The summed E-state index contributed by atoms with van der Waals surface area (Å²) in [5, 5.41) is 11.8. The topological polar surface area (TPSA) is 142 Å². The molecule has 2 aromatic carbocycles. The number of aromatic nitrogens is 2. The summed E-state index contributed by atoms with van der Waals surface area (Å²) in [5.74, 6) is -0.983. The van der Waals surface area contributed by atoms with Gasteiger partial charge in [0.1, 0.15) is 12.1 Å². The molecule has 0 bridgehead atoms. The molecule has 262 valence electrons. The highest BCUT2D eigenvalue weighted by molar-refractivity contribution is 5.98. The molecule has 4 amide bonds. The molecule has 10 heteroatoms. The molecule has 4 rings (SSSR count). The number of pyridine rings is 2. The molecule has 0 saturated carbocycles. The van der Waals surface area contributed by atoms with Crippen LogP contribution >= 0.6 is 0 Å². The number of nitrogens with one attached hydrogen (secondary N) is 4. The SMILES string of the molecule is O=C(N[C@@H](Cc1ccccc1)C(=O)NCCCCCCCCCCNC(=O)[C@H](Cc1ccccc1)NC(=O)c1ccncc1)c1ccncc1. The van der Waals surface area contributed by atoms with Gasteiger partial charge in [-0.3, -0.25) is 29.1 Å². The van der Waals surface area contributed by atoms with Gasteiger partial charge in [0.15, 0.2) is 0 Å². The van der Waals surface area contributed by atoms with E-state index in [9.17, 15) is 19.2 Å². The Hall–Kier alpha value is -5.38. The van der Waals surface area contributed by atoms with Crippen molar-refractivity contribution in [2.75, 3.05) is 13.1 Å². The van der Waals surface area contributed by atoms with Crippen LogP contribution in [0.25, 0.3) is 0 Å². The lowest BCUT2D eigenvalue weighted by Gasteiger charge is -2.19.